The van der Waals surface area contributed by atoms with Crippen LogP contribution in [-0.2, 0) is 13.0 Å². The van der Waals surface area contributed by atoms with E-state index in [4.69, 9.17) is 0 Å². The number of imidazole rings is 1. The van der Waals surface area contributed by atoms with Crippen molar-refractivity contribution in [3.63, 3.8) is 0 Å². The van der Waals surface area contributed by atoms with Crippen LogP contribution < -0.4 is 5.32 Å². The molecule has 8 nitrogen and oxygen atoms in total. The van der Waals surface area contributed by atoms with Gasteiger partial charge in [-0.15, -0.1) is 0 Å². The number of aryl methyl sites for hydroxylation is 1. The fourth-order valence-electron chi connectivity index (χ4n) is 6.73. The van der Waals surface area contributed by atoms with Gasteiger partial charge in [-0.3, -0.25) is 4.90 Å². The molecular weight excluding hydrogens is 517 g/mol. The zero-order valence-corrected chi connectivity index (χ0v) is 22.5. The monoisotopic (exact) mass is 548 g/mol. The van der Waals surface area contributed by atoms with Crippen molar-refractivity contribution in [3.8, 4) is 11.3 Å². The van der Waals surface area contributed by atoms with Gasteiger partial charge in [-0.2, -0.15) is 0 Å². The molecule has 7 rings (SSSR count). The van der Waals surface area contributed by atoms with Crippen molar-refractivity contribution in [3.05, 3.63) is 59.7 Å². The normalized spacial score (nSPS) is 23.6. The number of aromatic nitrogens is 5. The lowest BCUT2D eigenvalue weighted by molar-refractivity contribution is 0.0759. The van der Waals surface area contributed by atoms with Crippen molar-refractivity contribution in [2.45, 2.75) is 63.4 Å². The number of anilines is 2. The lowest BCUT2D eigenvalue weighted by Gasteiger charge is -2.39. The predicted octanol–water partition coefficient (Wildman–Crippen LogP) is 5.03. The maximum absolute atomic E-state index is 15.1. The molecule has 2 fully saturated rings. The van der Waals surface area contributed by atoms with Gasteiger partial charge in [-0.25, -0.2) is 33.1 Å². The zero-order chi connectivity index (χ0) is 27.5. The maximum atomic E-state index is 15.1. The van der Waals surface area contributed by atoms with E-state index >= 15 is 4.39 Å². The van der Waals surface area contributed by atoms with Gasteiger partial charge in [-0.05, 0) is 57.0 Å². The highest BCUT2D eigenvalue weighted by molar-refractivity contribution is 5.83. The minimum absolute atomic E-state index is 0.0566. The van der Waals surface area contributed by atoms with Crippen LogP contribution in [0.4, 0.5) is 24.9 Å². The van der Waals surface area contributed by atoms with Gasteiger partial charge >= 0.3 is 0 Å². The number of halogens is 3. The molecule has 208 valence electrons. The molecule has 3 aliphatic heterocycles. The first-order chi connectivity index (χ1) is 19.3. The summed E-state index contributed by atoms with van der Waals surface area (Å²) in [6.45, 7) is 4.56. The quantitative estimate of drug-likeness (QED) is 0.362. The molecule has 2 bridgehead atoms. The summed E-state index contributed by atoms with van der Waals surface area (Å²) in [7, 11) is 2.19. The highest BCUT2D eigenvalue weighted by Gasteiger charge is 2.38. The number of hydrogen-bond acceptors (Lipinski definition) is 7. The summed E-state index contributed by atoms with van der Waals surface area (Å²) in [5, 5.41) is 3.04. The van der Waals surface area contributed by atoms with Crippen molar-refractivity contribution < 1.29 is 13.2 Å². The number of alkyl halides is 1. The average Bonchev–Trinajstić information content (AvgIpc) is 3.57. The van der Waals surface area contributed by atoms with Crippen LogP contribution in [0.3, 0.4) is 0 Å². The Labute approximate surface area is 230 Å². The third kappa shape index (κ3) is 4.41. The Morgan fingerprint density at radius 3 is 2.52 bits per heavy atom. The summed E-state index contributed by atoms with van der Waals surface area (Å²) in [6, 6.07) is 7.49. The molecule has 2 saturated heterocycles. The van der Waals surface area contributed by atoms with E-state index in [1.807, 2.05) is 18.3 Å². The highest BCUT2D eigenvalue weighted by Crippen LogP contribution is 2.37. The number of benzene rings is 1. The molecule has 4 atom stereocenters. The molecule has 3 unspecified atom stereocenters. The molecule has 1 N–H and O–H groups in total. The third-order valence-corrected chi connectivity index (χ3v) is 8.61. The molecule has 4 aromatic rings. The Bertz CT molecular complexity index is 1560. The van der Waals surface area contributed by atoms with Crippen LogP contribution in [0.15, 0.2) is 36.7 Å². The highest BCUT2D eigenvalue weighted by atomic mass is 19.1. The van der Waals surface area contributed by atoms with Crippen molar-refractivity contribution in [2.24, 2.45) is 0 Å². The third-order valence-electron chi connectivity index (χ3n) is 8.61. The van der Waals surface area contributed by atoms with E-state index in [1.165, 1.54) is 25.8 Å². The fraction of sp³-hybridized carbons (Fsp3) is 0.448. The van der Waals surface area contributed by atoms with Gasteiger partial charge in [-0.1, -0.05) is 6.07 Å². The molecule has 0 saturated carbocycles. The van der Waals surface area contributed by atoms with Crippen LogP contribution in [-0.4, -0.2) is 72.7 Å². The van der Waals surface area contributed by atoms with Gasteiger partial charge < -0.3 is 14.8 Å². The van der Waals surface area contributed by atoms with E-state index < -0.39 is 23.8 Å². The topological polar surface area (TPSA) is 75.0 Å². The predicted molar refractivity (Wildman–Crippen MR) is 146 cm³/mol. The first kappa shape index (κ1) is 25.4. The molecule has 0 aliphatic carbocycles. The van der Waals surface area contributed by atoms with Crippen LogP contribution in [0.1, 0.15) is 43.6 Å². The summed E-state index contributed by atoms with van der Waals surface area (Å²) >= 11 is 0. The second-order valence-corrected chi connectivity index (χ2v) is 11.4. The molecule has 40 heavy (non-hydrogen) atoms. The van der Waals surface area contributed by atoms with Gasteiger partial charge in [0, 0.05) is 49.9 Å². The molecule has 11 heteroatoms. The molecule has 3 aromatic heterocycles. The van der Waals surface area contributed by atoms with Crippen molar-refractivity contribution in [1.82, 2.24) is 34.3 Å². The van der Waals surface area contributed by atoms with Crippen LogP contribution in [0.5, 0.6) is 0 Å². The van der Waals surface area contributed by atoms with E-state index in [2.05, 4.69) is 42.1 Å². The second-order valence-electron chi connectivity index (χ2n) is 11.4. The summed E-state index contributed by atoms with van der Waals surface area (Å²) in [4.78, 5) is 22.3. The van der Waals surface area contributed by atoms with Crippen molar-refractivity contribution >= 4 is 22.8 Å². The van der Waals surface area contributed by atoms with Crippen molar-refractivity contribution in [2.75, 3.05) is 25.5 Å². The molecule has 0 spiro atoms. The number of fused-ring (bicyclic) bond motifs is 5. The molecule has 1 aromatic carbocycles. The molecule has 0 amide bonds. The van der Waals surface area contributed by atoms with Crippen LogP contribution >= 0.6 is 0 Å². The number of nitrogens with zero attached hydrogens (tertiary/aromatic N) is 7. The largest absolute Gasteiger partial charge is 0.322 e. The Balaban J connectivity index is 1.13. The number of rotatable bonds is 6. The van der Waals surface area contributed by atoms with Gasteiger partial charge in [0.1, 0.15) is 29.0 Å². The van der Waals surface area contributed by atoms with E-state index in [0.717, 1.165) is 31.4 Å². The number of hydrogen-bond donors (Lipinski definition) is 1. The number of likely N-dealkylation sites (N-methyl/N-ethyl adjacent to an activating group) is 1. The molecular formula is C29H31F3N8. The number of nitrogens with one attached hydrogen (secondary N) is 1. The Kier molecular flexibility index (Phi) is 6.23. The lowest BCUT2D eigenvalue weighted by Crippen LogP contribution is -2.51. The minimum Gasteiger partial charge on any atom is -0.322 e. The van der Waals surface area contributed by atoms with Gasteiger partial charge in [0.2, 0.25) is 5.95 Å². The molecule has 6 heterocycles. The Hall–Kier alpha value is -3.57. The zero-order valence-electron chi connectivity index (χ0n) is 22.5. The molecule has 3 aliphatic rings. The molecule has 0 radical (unpaired) electrons. The Morgan fingerprint density at radius 2 is 1.80 bits per heavy atom. The van der Waals surface area contributed by atoms with Crippen LogP contribution in [0.2, 0.25) is 0 Å². The van der Waals surface area contributed by atoms with Crippen LogP contribution in [0.25, 0.3) is 22.3 Å². The average molecular weight is 549 g/mol. The summed E-state index contributed by atoms with van der Waals surface area (Å²) in [6.07, 6.45) is 5.42. The summed E-state index contributed by atoms with van der Waals surface area (Å²) in [5.74, 6) is 0.0192. The minimum atomic E-state index is -1.12. The number of piperazine rings is 1. The summed E-state index contributed by atoms with van der Waals surface area (Å²) in [5.41, 5.74) is 1.91. The van der Waals surface area contributed by atoms with Gasteiger partial charge in [0.05, 0.1) is 17.8 Å². The van der Waals surface area contributed by atoms with E-state index in [-0.39, 0.29) is 22.7 Å². The second kappa shape index (κ2) is 9.81. The lowest BCUT2D eigenvalue weighted by atomic mass is 10.1. The van der Waals surface area contributed by atoms with Gasteiger partial charge in [0.15, 0.2) is 11.6 Å². The van der Waals surface area contributed by atoms with Crippen LogP contribution in [0, 0.1) is 11.6 Å². The standard InChI is InChI=1S/C29H31F3N8/c1-16(30)23-6-8-26-36-28-21(31)9-18(10-24(28)40(23)26)27-22(32)12-34-29(37-27)35-25-7-3-17(11-33-25)13-39-19-4-5-20(39)15-38(2)14-19/h3,7,9-12,16,19-20,23H,4-6,8,13-15H2,1-2H3,(H,33,34,35,37)/t16?,19?,20?,23-/m0/s1. The van der Waals surface area contributed by atoms with E-state index in [1.54, 1.807) is 10.6 Å². The first-order valence-electron chi connectivity index (χ1n) is 13.9. The number of pyridine rings is 1. The number of likely N-dealkylation sites (tertiary alicyclic amines) is 1. The van der Waals surface area contributed by atoms with Crippen molar-refractivity contribution in [1.29, 1.82) is 0 Å². The SMILES string of the molecule is CC(F)[C@@H]1CCc2nc3c(F)cc(-c4nc(Nc5ccc(CN6C7CCC6CN(C)C7)cn5)ncc4F)cc3n21. The first-order valence-corrected chi connectivity index (χ1v) is 13.9. The summed E-state index contributed by atoms with van der Waals surface area (Å²) < 4.78 is 46.1. The maximum Gasteiger partial charge on any atom is 0.229 e. The van der Waals surface area contributed by atoms with E-state index in [9.17, 15) is 8.78 Å². The van der Waals surface area contributed by atoms with Gasteiger partial charge in [0.25, 0.3) is 0 Å². The fourth-order valence-corrected chi connectivity index (χ4v) is 6.73. The smallest absolute Gasteiger partial charge is 0.229 e. The Morgan fingerprint density at radius 1 is 1.00 bits per heavy atom. The van der Waals surface area contributed by atoms with E-state index in [0.29, 0.717) is 42.1 Å².